The molecule has 0 aliphatic carbocycles. The second-order valence-corrected chi connectivity index (χ2v) is 7.14. The normalized spacial score (nSPS) is 17.0. The molecule has 0 N–H and O–H groups in total. The van der Waals surface area contributed by atoms with Crippen molar-refractivity contribution < 1.29 is 28.6 Å². The Morgan fingerprint density at radius 3 is 2.48 bits per heavy atom. The molecule has 25 heavy (non-hydrogen) atoms. The summed E-state index contributed by atoms with van der Waals surface area (Å²) in [6.45, 7) is 1.45. The number of hydrogen-bond donors (Lipinski definition) is 0. The minimum Gasteiger partial charge on any atom is -0.493 e. The van der Waals surface area contributed by atoms with Gasteiger partial charge in [-0.2, -0.15) is 0 Å². The lowest BCUT2D eigenvalue weighted by Crippen LogP contribution is -2.42. The summed E-state index contributed by atoms with van der Waals surface area (Å²) in [7, 11) is 4.27. The third kappa shape index (κ3) is 3.92. The standard InChI is InChI=1S/C16H16INO6S/c1-8(15(20)24-4)18-14(19)12(25-16(18)21)7-9-5-10(17)13(23-3)11(6-9)22-2/h5-8H,1-4H3/b12-7+/t8-/m1/s1. The fourth-order valence-corrected chi connectivity index (χ4v) is 4.02. The van der Waals surface area contributed by atoms with Gasteiger partial charge in [-0.15, -0.1) is 0 Å². The van der Waals surface area contributed by atoms with Gasteiger partial charge in [0.1, 0.15) is 6.04 Å². The molecule has 1 fully saturated rings. The minimum atomic E-state index is -0.978. The lowest BCUT2D eigenvalue weighted by Gasteiger charge is -2.18. The number of halogens is 1. The van der Waals surface area contributed by atoms with Crippen LogP contribution < -0.4 is 9.47 Å². The number of ether oxygens (including phenoxy) is 3. The summed E-state index contributed by atoms with van der Waals surface area (Å²) in [6.07, 6.45) is 1.58. The Labute approximate surface area is 162 Å². The second kappa shape index (κ2) is 8.09. The molecule has 0 saturated carbocycles. The number of hydrogen-bond acceptors (Lipinski definition) is 7. The summed E-state index contributed by atoms with van der Waals surface area (Å²) in [4.78, 5) is 37.4. The molecule has 1 aliphatic rings. The fraction of sp³-hybridized carbons (Fsp3) is 0.312. The van der Waals surface area contributed by atoms with Crippen LogP contribution in [-0.4, -0.2) is 49.4 Å². The zero-order chi connectivity index (χ0) is 18.7. The molecule has 134 valence electrons. The maximum absolute atomic E-state index is 12.5. The van der Waals surface area contributed by atoms with E-state index in [4.69, 9.17) is 9.47 Å². The molecule has 0 radical (unpaired) electrons. The van der Waals surface area contributed by atoms with E-state index in [1.54, 1.807) is 25.3 Å². The molecule has 9 heteroatoms. The predicted octanol–water partition coefficient (Wildman–Crippen LogP) is 2.91. The van der Waals surface area contributed by atoms with Gasteiger partial charge in [-0.3, -0.25) is 14.5 Å². The highest BCUT2D eigenvalue weighted by Crippen LogP contribution is 2.37. The summed E-state index contributed by atoms with van der Waals surface area (Å²) in [5.41, 5.74) is 0.679. The summed E-state index contributed by atoms with van der Waals surface area (Å²) in [6, 6.07) is 2.53. The molecule has 0 aromatic heterocycles. The zero-order valence-electron chi connectivity index (χ0n) is 14.0. The van der Waals surface area contributed by atoms with Crippen molar-refractivity contribution in [1.29, 1.82) is 0 Å². The molecule has 1 aromatic rings. The molecular weight excluding hydrogens is 461 g/mol. The Hall–Kier alpha value is -1.75. The molecule has 1 heterocycles. The van der Waals surface area contributed by atoms with Gasteiger partial charge in [0.2, 0.25) is 0 Å². The van der Waals surface area contributed by atoms with Crippen LogP contribution in [0.5, 0.6) is 11.5 Å². The molecule has 2 amide bonds. The van der Waals surface area contributed by atoms with E-state index in [9.17, 15) is 14.4 Å². The van der Waals surface area contributed by atoms with E-state index in [0.29, 0.717) is 17.1 Å². The van der Waals surface area contributed by atoms with Crippen LogP contribution in [0.2, 0.25) is 0 Å². The Morgan fingerprint density at radius 1 is 1.24 bits per heavy atom. The van der Waals surface area contributed by atoms with Crippen LogP contribution in [0.15, 0.2) is 17.0 Å². The van der Waals surface area contributed by atoms with Gasteiger partial charge in [0.15, 0.2) is 11.5 Å². The Balaban J connectivity index is 2.37. The van der Waals surface area contributed by atoms with E-state index in [0.717, 1.165) is 20.2 Å². The number of methoxy groups -OCH3 is 3. The number of esters is 1. The topological polar surface area (TPSA) is 82.1 Å². The van der Waals surface area contributed by atoms with Crippen LogP contribution in [0.3, 0.4) is 0 Å². The molecule has 0 spiro atoms. The summed E-state index contributed by atoms with van der Waals surface area (Å²) >= 11 is 2.87. The van der Waals surface area contributed by atoms with E-state index in [1.807, 2.05) is 0 Å². The molecule has 1 aliphatic heterocycles. The predicted molar refractivity (Wildman–Crippen MR) is 102 cm³/mol. The lowest BCUT2D eigenvalue weighted by atomic mass is 10.1. The van der Waals surface area contributed by atoms with Crippen LogP contribution >= 0.6 is 34.4 Å². The molecule has 1 atom stereocenters. The highest BCUT2D eigenvalue weighted by atomic mass is 127. The maximum Gasteiger partial charge on any atom is 0.328 e. The van der Waals surface area contributed by atoms with E-state index >= 15 is 0 Å². The van der Waals surface area contributed by atoms with Crippen molar-refractivity contribution in [3.8, 4) is 11.5 Å². The van der Waals surface area contributed by atoms with Crippen LogP contribution in [0, 0.1) is 3.57 Å². The molecule has 2 rings (SSSR count). The van der Waals surface area contributed by atoms with Gasteiger partial charge in [-0.25, -0.2) is 4.79 Å². The third-order valence-electron chi connectivity index (χ3n) is 3.51. The van der Waals surface area contributed by atoms with Crippen molar-refractivity contribution in [2.45, 2.75) is 13.0 Å². The summed E-state index contributed by atoms with van der Waals surface area (Å²) < 4.78 is 16.0. The molecule has 1 aromatic carbocycles. The van der Waals surface area contributed by atoms with Crippen molar-refractivity contribution in [2.75, 3.05) is 21.3 Å². The maximum atomic E-state index is 12.5. The number of carbonyl (C=O) groups excluding carboxylic acids is 3. The van der Waals surface area contributed by atoms with E-state index in [1.165, 1.54) is 21.1 Å². The van der Waals surface area contributed by atoms with E-state index in [2.05, 4.69) is 27.3 Å². The molecule has 1 saturated heterocycles. The Morgan fingerprint density at radius 2 is 1.92 bits per heavy atom. The van der Waals surface area contributed by atoms with Crippen molar-refractivity contribution in [3.05, 3.63) is 26.2 Å². The van der Waals surface area contributed by atoms with Crippen LogP contribution in [-0.2, 0) is 14.3 Å². The monoisotopic (exact) mass is 477 g/mol. The Kier molecular flexibility index (Phi) is 6.33. The van der Waals surface area contributed by atoms with Crippen LogP contribution in [0.1, 0.15) is 12.5 Å². The molecule has 0 bridgehead atoms. The fourth-order valence-electron chi connectivity index (χ4n) is 2.26. The van der Waals surface area contributed by atoms with Gasteiger partial charge in [0.25, 0.3) is 11.1 Å². The minimum absolute atomic E-state index is 0.226. The van der Waals surface area contributed by atoms with E-state index in [-0.39, 0.29) is 4.91 Å². The van der Waals surface area contributed by atoms with Gasteiger partial charge < -0.3 is 14.2 Å². The first kappa shape index (κ1) is 19.6. The highest BCUT2D eigenvalue weighted by Gasteiger charge is 2.41. The van der Waals surface area contributed by atoms with E-state index < -0.39 is 23.2 Å². The van der Waals surface area contributed by atoms with Crippen molar-refractivity contribution >= 4 is 57.5 Å². The van der Waals surface area contributed by atoms with Crippen molar-refractivity contribution in [2.24, 2.45) is 0 Å². The Bertz CT molecular complexity index is 763. The first-order chi connectivity index (χ1) is 11.8. The SMILES string of the molecule is COC(=O)[C@@H](C)N1C(=O)S/C(=C/c2cc(I)c(OC)c(OC)c2)C1=O. The number of amides is 2. The smallest absolute Gasteiger partial charge is 0.328 e. The third-order valence-corrected chi connectivity index (χ3v) is 5.19. The van der Waals surface area contributed by atoms with Gasteiger partial charge in [0.05, 0.1) is 29.8 Å². The number of imide groups is 1. The first-order valence-electron chi connectivity index (χ1n) is 7.10. The summed E-state index contributed by atoms with van der Waals surface area (Å²) in [5.74, 6) is -0.0719. The second-order valence-electron chi connectivity index (χ2n) is 4.99. The largest absolute Gasteiger partial charge is 0.493 e. The van der Waals surface area contributed by atoms with Crippen molar-refractivity contribution in [3.63, 3.8) is 0 Å². The highest BCUT2D eigenvalue weighted by molar-refractivity contribution is 14.1. The first-order valence-corrected chi connectivity index (χ1v) is 9.00. The van der Waals surface area contributed by atoms with Gasteiger partial charge >= 0.3 is 5.97 Å². The average molecular weight is 477 g/mol. The number of carbonyl (C=O) groups is 3. The zero-order valence-corrected chi connectivity index (χ0v) is 17.0. The molecule has 7 nitrogen and oxygen atoms in total. The number of thioether (sulfide) groups is 1. The lowest BCUT2D eigenvalue weighted by molar-refractivity contribution is -0.148. The van der Waals surface area contributed by atoms with Gasteiger partial charge in [0, 0.05) is 0 Å². The quantitative estimate of drug-likeness (QED) is 0.367. The number of nitrogens with zero attached hydrogens (tertiary/aromatic N) is 1. The van der Waals surface area contributed by atoms with Crippen molar-refractivity contribution in [1.82, 2.24) is 4.90 Å². The number of benzene rings is 1. The van der Waals surface area contributed by atoms with Gasteiger partial charge in [-0.05, 0) is 65.0 Å². The van der Waals surface area contributed by atoms with Crippen LogP contribution in [0.25, 0.3) is 6.08 Å². The molecule has 0 unspecified atom stereocenters. The van der Waals surface area contributed by atoms with Gasteiger partial charge in [-0.1, -0.05) is 0 Å². The molecular formula is C16H16INO6S. The van der Waals surface area contributed by atoms with Crippen LogP contribution in [0.4, 0.5) is 4.79 Å². The number of rotatable bonds is 5. The average Bonchev–Trinajstić information content (AvgIpc) is 2.86. The summed E-state index contributed by atoms with van der Waals surface area (Å²) in [5, 5.41) is -0.510.